The first kappa shape index (κ1) is 13.1. The predicted octanol–water partition coefficient (Wildman–Crippen LogP) is 2.79. The third-order valence-electron chi connectivity index (χ3n) is 3.85. The number of amides is 1. The number of anilines is 1. The lowest BCUT2D eigenvalue weighted by Crippen LogP contribution is -2.38. The topological polar surface area (TPSA) is 58.4 Å². The van der Waals surface area contributed by atoms with E-state index in [1.807, 2.05) is 29.2 Å². The van der Waals surface area contributed by atoms with Crippen molar-refractivity contribution in [2.75, 3.05) is 12.0 Å². The van der Waals surface area contributed by atoms with Crippen LogP contribution >= 0.6 is 11.3 Å². The fraction of sp³-hybridized carbons (Fsp3) is 0.267. The Bertz CT molecular complexity index is 638. The number of hydrogen-bond acceptors (Lipinski definition) is 4. The van der Waals surface area contributed by atoms with E-state index in [0.29, 0.717) is 11.3 Å². The Hall–Kier alpha value is -1.85. The minimum Gasteiger partial charge on any atom is -0.331 e. The van der Waals surface area contributed by atoms with Crippen LogP contribution < -0.4 is 11.3 Å². The lowest BCUT2D eigenvalue weighted by atomic mass is 10.00. The summed E-state index contributed by atoms with van der Waals surface area (Å²) in [5, 5.41) is 2.10. The molecule has 0 saturated carbocycles. The summed E-state index contributed by atoms with van der Waals surface area (Å²) >= 11 is 1.78. The number of carbonyl (C=O) groups excluding carboxylic acids is 1. The molecule has 20 heavy (non-hydrogen) atoms. The van der Waals surface area contributed by atoms with Gasteiger partial charge in [-0.25, -0.2) is 0 Å². The molecule has 2 heterocycles. The number of hydrogen-bond donors (Lipinski definition) is 2. The number of nitrogens with two attached hydrogens (primary N) is 1. The number of benzene rings is 1. The van der Waals surface area contributed by atoms with Gasteiger partial charge >= 0.3 is 0 Å². The smallest absolute Gasteiger partial charge is 0.256 e. The molecule has 1 aliphatic rings. The predicted molar refractivity (Wildman–Crippen MR) is 81.7 cm³/mol. The highest BCUT2D eigenvalue weighted by Gasteiger charge is 2.29. The number of carbonyl (C=O) groups is 1. The number of nitrogens with zero attached hydrogens (tertiary/aromatic N) is 1. The summed E-state index contributed by atoms with van der Waals surface area (Å²) in [6.45, 7) is 2.84. The van der Waals surface area contributed by atoms with Gasteiger partial charge in [-0.2, -0.15) is 0 Å². The van der Waals surface area contributed by atoms with Gasteiger partial charge < -0.3 is 10.3 Å². The maximum atomic E-state index is 12.8. The normalized spacial score (nSPS) is 17.7. The zero-order valence-corrected chi connectivity index (χ0v) is 12.1. The van der Waals surface area contributed by atoms with Crippen molar-refractivity contribution in [3.05, 3.63) is 51.7 Å². The van der Waals surface area contributed by atoms with Crippen molar-refractivity contribution in [3.63, 3.8) is 0 Å². The van der Waals surface area contributed by atoms with Crippen molar-refractivity contribution < 1.29 is 4.79 Å². The first-order valence-electron chi connectivity index (χ1n) is 6.65. The first-order chi connectivity index (χ1) is 9.72. The maximum absolute atomic E-state index is 12.8. The van der Waals surface area contributed by atoms with Crippen molar-refractivity contribution >= 4 is 22.9 Å². The molecule has 1 amide bonds. The molecule has 0 aliphatic carbocycles. The Labute approximate surface area is 122 Å². The van der Waals surface area contributed by atoms with E-state index in [0.717, 1.165) is 13.0 Å². The lowest BCUT2D eigenvalue weighted by Gasteiger charge is -2.34. The molecule has 0 spiro atoms. The fourth-order valence-electron chi connectivity index (χ4n) is 2.74. The zero-order valence-electron chi connectivity index (χ0n) is 11.3. The van der Waals surface area contributed by atoms with Gasteiger partial charge in [0, 0.05) is 11.4 Å². The van der Waals surface area contributed by atoms with Crippen molar-refractivity contribution in [2.45, 2.75) is 19.4 Å². The Balaban J connectivity index is 1.92. The number of thiophene rings is 1. The van der Waals surface area contributed by atoms with Gasteiger partial charge in [0.05, 0.1) is 17.3 Å². The van der Waals surface area contributed by atoms with Gasteiger partial charge in [0.15, 0.2) is 0 Å². The minimum absolute atomic E-state index is 0.0305. The number of rotatable bonds is 2. The van der Waals surface area contributed by atoms with Crippen molar-refractivity contribution in [1.29, 1.82) is 0 Å². The maximum Gasteiger partial charge on any atom is 0.256 e. The summed E-state index contributed by atoms with van der Waals surface area (Å²) in [5.74, 6) is 5.52. The third kappa shape index (κ3) is 2.09. The molecule has 1 aromatic heterocycles. The van der Waals surface area contributed by atoms with Crippen LogP contribution in [-0.4, -0.2) is 17.4 Å². The van der Waals surface area contributed by atoms with E-state index in [1.165, 1.54) is 10.4 Å². The molecular weight excluding hydrogens is 270 g/mol. The van der Waals surface area contributed by atoms with Gasteiger partial charge in [-0.05, 0) is 42.5 Å². The van der Waals surface area contributed by atoms with E-state index < -0.39 is 0 Å². The fourth-order valence-corrected chi connectivity index (χ4v) is 3.70. The molecular formula is C15H17N3OS. The van der Waals surface area contributed by atoms with Crippen LogP contribution in [-0.2, 0) is 6.42 Å². The van der Waals surface area contributed by atoms with E-state index >= 15 is 0 Å². The van der Waals surface area contributed by atoms with E-state index in [4.69, 9.17) is 5.84 Å². The quantitative estimate of drug-likeness (QED) is 0.659. The zero-order chi connectivity index (χ0) is 14.1. The molecule has 5 heteroatoms. The average molecular weight is 287 g/mol. The largest absolute Gasteiger partial charge is 0.331 e. The van der Waals surface area contributed by atoms with Gasteiger partial charge in [-0.3, -0.25) is 10.6 Å². The van der Waals surface area contributed by atoms with E-state index in [-0.39, 0.29) is 11.9 Å². The summed E-state index contributed by atoms with van der Waals surface area (Å²) < 4.78 is 0. The lowest BCUT2D eigenvalue weighted by molar-refractivity contribution is 0.0680. The summed E-state index contributed by atoms with van der Waals surface area (Å²) in [7, 11) is 0. The van der Waals surface area contributed by atoms with E-state index in [2.05, 4.69) is 23.8 Å². The summed E-state index contributed by atoms with van der Waals surface area (Å²) in [6, 6.07) is 9.59. The highest BCUT2D eigenvalue weighted by molar-refractivity contribution is 7.10. The molecule has 1 aliphatic heterocycles. The first-order valence-corrected chi connectivity index (χ1v) is 7.53. The number of nitrogens with one attached hydrogen (secondary N) is 1. The van der Waals surface area contributed by atoms with Crippen LogP contribution in [0.3, 0.4) is 0 Å². The van der Waals surface area contributed by atoms with Gasteiger partial charge in [0.1, 0.15) is 0 Å². The molecule has 104 valence electrons. The Kier molecular flexibility index (Phi) is 3.46. The second-order valence-corrected chi connectivity index (χ2v) is 5.91. The third-order valence-corrected chi connectivity index (χ3v) is 4.85. The van der Waals surface area contributed by atoms with E-state index in [9.17, 15) is 4.79 Å². The molecule has 2 aromatic rings. The Morgan fingerprint density at radius 3 is 3.00 bits per heavy atom. The van der Waals surface area contributed by atoms with Gasteiger partial charge in [-0.1, -0.05) is 12.1 Å². The van der Waals surface area contributed by atoms with Crippen molar-refractivity contribution in [3.8, 4) is 0 Å². The van der Waals surface area contributed by atoms with Crippen LogP contribution in [0.5, 0.6) is 0 Å². The number of fused-ring (bicyclic) bond motifs is 1. The van der Waals surface area contributed by atoms with Crippen LogP contribution in [0.4, 0.5) is 5.69 Å². The highest BCUT2D eigenvalue weighted by atomic mass is 32.1. The second-order valence-electron chi connectivity index (χ2n) is 4.91. The molecule has 4 nitrogen and oxygen atoms in total. The molecule has 0 radical (unpaired) electrons. The molecule has 0 saturated heterocycles. The van der Waals surface area contributed by atoms with Crippen LogP contribution in [0.25, 0.3) is 0 Å². The van der Waals surface area contributed by atoms with Crippen molar-refractivity contribution in [1.82, 2.24) is 4.90 Å². The standard InChI is InChI=1S/C15H17N3OS/c1-10-11-7-9-20-14(11)6-8-18(10)15(19)12-4-2-3-5-13(12)17-16/h2-5,7,9-10,17H,6,8,16H2,1H3. The molecule has 1 unspecified atom stereocenters. The van der Waals surface area contributed by atoms with Crippen LogP contribution in [0.2, 0.25) is 0 Å². The number of para-hydroxylation sites is 1. The average Bonchev–Trinajstić information content (AvgIpc) is 2.96. The molecule has 3 rings (SSSR count). The van der Waals surface area contributed by atoms with Crippen molar-refractivity contribution in [2.24, 2.45) is 5.84 Å². The molecule has 3 N–H and O–H groups in total. The molecule has 0 fully saturated rings. The summed E-state index contributed by atoms with van der Waals surface area (Å²) in [4.78, 5) is 16.1. The highest BCUT2D eigenvalue weighted by Crippen LogP contribution is 2.34. The van der Waals surface area contributed by atoms with Crippen LogP contribution in [0, 0.1) is 0 Å². The van der Waals surface area contributed by atoms with Crippen LogP contribution in [0.1, 0.15) is 33.8 Å². The molecule has 0 bridgehead atoms. The summed E-state index contributed by atoms with van der Waals surface area (Å²) in [5.41, 5.74) is 5.16. The molecule has 1 atom stereocenters. The monoisotopic (exact) mass is 287 g/mol. The second kappa shape index (κ2) is 5.26. The Morgan fingerprint density at radius 2 is 2.20 bits per heavy atom. The number of hydrazine groups is 1. The number of nitrogen functional groups attached to an aromatic ring is 1. The van der Waals surface area contributed by atoms with Gasteiger partial charge in [0.25, 0.3) is 5.91 Å². The SMILES string of the molecule is CC1c2ccsc2CCN1C(=O)c1ccccc1NN. The summed E-state index contributed by atoms with van der Waals surface area (Å²) in [6.07, 6.45) is 0.932. The Morgan fingerprint density at radius 1 is 1.40 bits per heavy atom. The minimum atomic E-state index is 0.0305. The van der Waals surface area contributed by atoms with Crippen LogP contribution in [0.15, 0.2) is 35.7 Å². The molecule has 1 aromatic carbocycles. The van der Waals surface area contributed by atoms with Gasteiger partial charge in [0.2, 0.25) is 0 Å². The van der Waals surface area contributed by atoms with E-state index in [1.54, 1.807) is 11.3 Å². The van der Waals surface area contributed by atoms with Gasteiger partial charge in [-0.15, -0.1) is 11.3 Å².